The average molecular weight is 330 g/mol. The fourth-order valence-electron chi connectivity index (χ4n) is 1.63. The SMILES string of the molecule is Cc1cc(C(=O)Nc2cc(Cl)c(Cl)cc2Cl)ccc1N. The maximum atomic E-state index is 12.1. The molecule has 0 fully saturated rings. The summed E-state index contributed by atoms with van der Waals surface area (Å²) in [7, 11) is 0. The molecule has 1 amide bonds. The van der Waals surface area contributed by atoms with Gasteiger partial charge in [0.15, 0.2) is 0 Å². The monoisotopic (exact) mass is 328 g/mol. The number of benzene rings is 2. The number of nitrogens with two attached hydrogens (primary N) is 1. The zero-order chi connectivity index (χ0) is 14.9. The third-order valence-corrected chi connectivity index (χ3v) is 3.83. The van der Waals surface area contributed by atoms with Crippen LogP contribution in [0.3, 0.4) is 0 Å². The van der Waals surface area contributed by atoms with Crippen molar-refractivity contribution < 1.29 is 4.79 Å². The highest BCUT2D eigenvalue weighted by molar-refractivity contribution is 6.44. The van der Waals surface area contributed by atoms with Gasteiger partial charge in [-0.15, -0.1) is 0 Å². The van der Waals surface area contributed by atoms with Gasteiger partial charge in [0.05, 0.1) is 20.8 Å². The summed E-state index contributed by atoms with van der Waals surface area (Å²) in [4.78, 5) is 12.1. The van der Waals surface area contributed by atoms with E-state index in [1.54, 1.807) is 18.2 Å². The summed E-state index contributed by atoms with van der Waals surface area (Å²) in [6.45, 7) is 1.83. The molecule has 0 saturated carbocycles. The molecule has 3 N–H and O–H groups in total. The summed E-state index contributed by atoms with van der Waals surface area (Å²) in [5, 5.41) is 3.66. The number of hydrogen-bond donors (Lipinski definition) is 2. The predicted molar refractivity (Wildman–Crippen MR) is 85.0 cm³/mol. The highest BCUT2D eigenvalue weighted by Gasteiger charge is 2.11. The van der Waals surface area contributed by atoms with Crippen molar-refractivity contribution >= 4 is 52.1 Å². The van der Waals surface area contributed by atoms with Crippen LogP contribution in [0.4, 0.5) is 11.4 Å². The van der Waals surface area contributed by atoms with Crippen LogP contribution in [0.1, 0.15) is 15.9 Å². The van der Waals surface area contributed by atoms with E-state index in [0.717, 1.165) is 5.56 Å². The molecule has 0 aromatic heterocycles. The first-order valence-electron chi connectivity index (χ1n) is 5.70. The minimum atomic E-state index is -0.298. The highest BCUT2D eigenvalue weighted by Crippen LogP contribution is 2.32. The molecule has 0 aliphatic carbocycles. The molecule has 2 aromatic carbocycles. The van der Waals surface area contributed by atoms with Gasteiger partial charge >= 0.3 is 0 Å². The van der Waals surface area contributed by atoms with Crippen molar-refractivity contribution in [2.45, 2.75) is 6.92 Å². The van der Waals surface area contributed by atoms with E-state index in [4.69, 9.17) is 40.5 Å². The smallest absolute Gasteiger partial charge is 0.255 e. The lowest BCUT2D eigenvalue weighted by Crippen LogP contribution is -2.12. The molecule has 0 bridgehead atoms. The first-order valence-corrected chi connectivity index (χ1v) is 6.84. The Morgan fingerprint density at radius 2 is 1.70 bits per heavy atom. The lowest BCUT2D eigenvalue weighted by Gasteiger charge is -2.10. The molecule has 0 atom stereocenters. The van der Waals surface area contributed by atoms with E-state index in [1.165, 1.54) is 12.1 Å². The molecule has 0 radical (unpaired) electrons. The fourth-order valence-corrected chi connectivity index (χ4v) is 2.22. The van der Waals surface area contributed by atoms with Gasteiger partial charge in [0.25, 0.3) is 5.91 Å². The maximum Gasteiger partial charge on any atom is 0.255 e. The van der Waals surface area contributed by atoms with Crippen LogP contribution in [-0.4, -0.2) is 5.91 Å². The molecular formula is C14H11Cl3N2O. The van der Waals surface area contributed by atoms with Crippen LogP contribution in [0, 0.1) is 6.92 Å². The molecule has 0 unspecified atom stereocenters. The number of rotatable bonds is 2. The summed E-state index contributed by atoms with van der Waals surface area (Å²) in [5.41, 5.74) is 8.07. The predicted octanol–water partition coefficient (Wildman–Crippen LogP) is 4.79. The van der Waals surface area contributed by atoms with E-state index in [-0.39, 0.29) is 5.91 Å². The Hall–Kier alpha value is -1.42. The van der Waals surface area contributed by atoms with Crippen molar-refractivity contribution in [3.8, 4) is 0 Å². The van der Waals surface area contributed by atoms with Gasteiger partial charge in [0.1, 0.15) is 0 Å². The average Bonchev–Trinajstić information content (AvgIpc) is 2.39. The van der Waals surface area contributed by atoms with Crippen molar-refractivity contribution in [3.05, 3.63) is 56.5 Å². The number of halogens is 3. The van der Waals surface area contributed by atoms with Crippen LogP contribution in [0.5, 0.6) is 0 Å². The number of nitrogens with one attached hydrogen (secondary N) is 1. The van der Waals surface area contributed by atoms with Gasteiger partial charge in [-0.25, -0.2) is 0 Å². The highest BCUT2D eigenvalue weighted by atomic mass is 35.5. The van der Waals surface area contributed by atoms with Crippen LogP contribution in [0.15, 0.2) is 30.3 Å². The molecule has 104 valence electrons. The third kappa shape index (κ3) is 3.18. The number of anilines is 2. The summed E-state index contributed by atoms with van der Waals surface area (Å²) in [6, 6.07) is 8.02. The molecule has 3 nitrogen and oxygen atoms in total. The number of carbonyl (C=O) groups is 1. The van der Waals surface area contributed by atoms with Crippen molar-refractivity contribution in [1.82, 2.24) is 0 Å². The maximum absolute atomic E-state index is 12.1. The molecule has 2 aromatic rings. The van der Waals surface area contributed by atoms with E-state index in [2.05, 4.69) is 5.32 Å². The third-order valence-electron chi connectivity index (χ3n) is 2.79. The number of amides is 1. The van der Waals surface area contributed by atoms with Gasteiger partial charge in [-0.05, 0) is 42.8 Å². The Morgan fingerprint density at radius 3 is 2.35 bits per heavy atom. The largest absolute Gasteiger partial charge is 0.399 e. The van der Waals surface area contributed by atoms with Crippen LogP contribution in [0.25, 0.3) is 0 Å². The number of hydrogen-bond acceptors (Lipinski definition) is 2. The van der Waals surface area contributed by atoms with Crippen molar-refractivity contribution in [3.63, 3.8) is 0 Å². The number of aryl methyl sites for hydroxylation is 1. The zero-order valence-corrected chi connectivity index (χ0v) is 12.8. The second-order valence-electron chi connectivity index (χ2n) is 4.27. The fraction of sp³-hybridized carbons (Fsp3) is 0.0714. The molecule has 0 aliphatic heterocycles. The summed E-state index contributed by atoms with van der Waals surface area (Å²) in [5.74, 6) is -0.298. The van der Waals surface area contributed by atoms with Crippen LogP contribution in [0.2, 0.25) is 15.1 Å². The Balaban J connectivity index is 2.27. The number of nitrogen functional groups attached to an aromatic ring is 1. The van der Waals surface area contributed by atoms with Gasteiger partial charge in [-0.1, -0.05) is 34.8 Å². The topological polar surface area (TPSA) is 55.1 Å². The molecule has 20 heavy (non-hydrogen) atoms. The second-order valence-corrected chi connectivity index (χ2v) is 5.49. The molecule has 2 rings (SSSR count). The Bertz CT molecular complexity index is 686. The van der Waals surface area contributed by atoms with Gasteiger partial charge in [0.2, 0.25) is 0 Å². The Labute approximate surface area is 131 Å². The first-order chi connectivity index (χ1) is 9.38. The lowest BCUT2D eigenvalue weighted by molar-refractivity contribution is 0.102. The van der Waals surface area contributed by atoms with Gasteiger partial charge in [-0.2, -0.15) is 0 Å². The van der Waals surface area contributed by atoms with Crippen LogP contribution < -0.4 is 11.1 Å². The van der Waals surface area contributed by atoms with E-state index >= 15 is 0 Å². The molecule has 0 heterocycles. The van der Waals surface area contributed by atoms with E-state index in [1.807, 2.05) is 6.92 Å². The van der Waals surface area contributed by atoms with Crippen molar-refractivity contribution in [2.75, 3.05) is 11.1 Å². The van der Waals surface area contributed by atoms with Crippen molar-refractivity contribution in [1.29, 1.82) is 0 Å². The zero-order valence-electron chi connectivity index (χ0n) is 10.5. The molecule has 6 heteroatoms. The Kier molecular flexibility index (Phi) is 4.43. The summed E-state index contributed by atoms with van der Waals surface area (Å²) in [6.07, 6.45) is 0. The molecule has 0 spiro atoms. The quantitative estimate of drug-likeness (QED) is 0.615. The van der Waals surface area contributed by atoms with E-state index < -0.39 is 0 Å². The van der Waals surface area contributed by atoms with E-state index in [0.29, 0.717) is 32.0 Å². The normalized spacial score (nSPS) is 10.4. The van der Waals surface area contributed by atoms with Crippen molar-refractivity contribution in [2.24, 2.45) is 0 Å². The Morgan fingerprint density at radius 1 is 1.05 bits per heavy atom. The van der Waals surface area contributed by atoms with Crippen LogP contribution in [-0.2, 0) is 0 Å². The standard InChI is InChI=1S/C14H11Cl3N2O/c1-7-4-8(2-3-12(7)18)14(20)19-13-6-10(16)9(15)5-11(13)17/h2-6H,18H2,1H3,(H,19,20). The lowest BCUT2D eigenvalue weighted by atomic mass is 10.1. The minimum absolute atomic E-state index is 0.298. The van der Waals surface area contributed by atoms with Gasteiger partial charge in [0, 0.05) is 11.3 Å². The van der Waals surface area contributed by atoms with Gasteiger partial charge in [-0.3, -0.25) is 4.79 Å². The van der Waals surface area contributed by atoms with Gasteiger partial charge < -0.3 is 11.1 Å². The molecule has 0 aliphatic rings. The van der Waals surface area contributed by atoms with Crippen LogP contribution >= 0.6 is 34.8 Å². The second kappa shape index (κ2) is 5.92. The van der Waals surface area contributed by atoms with E-state index in [9.17, 15) is 4.79 Å². The molecule has 0 saturated heterocycles. The molecular weight excluding hydrogens is 319 g/mol. The summed E-state index contributed by atoms with van der Waals surface area (Å²) >= 11 is 17.7. The first kappa shape index (κ1) is 15.0. The summed E-state index contributed by atoms with van der Waals surface area (Å²) < 4.78 is 0. The number of carbonyl (C=O) groups excluding carboxylic acids is 1. The minimum Gasteiger partial charge on any atom is -0.399 e.